The van der Waals surface area contributed by atoms with Gasteiger partial charge in [-0.1, -0.05) is 35.3 Å². The normalized spacial score (nSPS) is 10.3. The van der Waals surface area contributed by atoms with Crippen LogP contribution in [0.4, 0.5) is 10.1 Å². The van der Waals surface area contributed by atoms with Crippen molar-refractivity contribution in [3.63, 3.8) is 0 Å². The van der Waals surface area contributed by atoms with Crippen LogP contribution in [0, 0.1) is 5.82 Å². The van der Waals surface area contributed by atoms with E-state index in [2.05, 4.69) is 10.6 Å². The zero-order valence-corrected chi connectivity index (χ0v) is 16.0. The molecule has 0 atom stereocenters. The number of hydrogen-bond acceptors (Lipinski definition) is 4. The summed E-state index contributed by atoms with van der Waals surface area (Å²) >= 11 is 12.2. The molecule has 2 aromatic carbocycles. The van der Waals surface area contributed by atoms with E-state index in [0.29, 0.717) is 0 Å². The Hall–Kier alpha value is -2.84. The first-order chi connectivity index (χ1) is 13.2. The van der Waals surface area contributed by atoms with E-state index in [1.807, 2.05) is 0 Å². The van der Waals surface area contributed by atoms with E-state index in [-0.39, 0.29) is 39.2 Å². The third kappa shape index (κ3) is 5.58. The summed E-state index contributed by atoms with van der Waals surface area (Å²) < 4.78 is 19.9. The monoisotopic (exact) mass is 428 g/mol. The van der Waals surface area contributed by atoms with E-state index in [1.54, 1.807) is 6.07 Å². The summed E-state index contributed by atoms with van der Waals surface area (Å²) in [7, 11) is 0. The predicted octanol–water partition coefficient (Wildman–Crippen LogP) is 3.48. The van der Waals surface area contributed by atoms with Gasteiger partial charge < -0.3 is 20.5 Å². The number of hydrogen-bond donors (Lipinski definition) is 3. The molecule has 0 aliphatic carbocycles. The summed E-state index contributed by atoms with van der Waals surface area (Å²) in [5.41, 5.74) is 0.209. The number of aliphatic carboxylic acids is 1. The molecule has 28 heavy (non-hydrogen) atoms. The summed E-state index contributed by atoms with van der Waals surface area (Å²) in [6.45, 7) is 0.468. The molecular formula is C18H15Cl2FN2O5. The van der Waals surface area contributed by atoms with E-state index in [4.69, 9.17) is 33.0 Å². The molecule has 2 rings (SSSR count). The highest BCUT2D eigenvalue weighted by atomic mass is 35.5. The summed E-state index contributed by atoms with van der Waals surface area (Å²) in [5, 5.41) is 13.1. The highest BCUT2D eigenvalue weighted by molar-refractivity contribution is 6.37. The van der Waals surface area contributed by atoms with Crippen LogP contribution in [0.15, 0.2) is 30.3 Å². The largest absolute Gasteiger partial charge is 0.486 e. The predicted molar refractivity (Wildman–Crippen MR) is 101 cm³/mol. The first kappa shape index (κ1) is 21.5. The van der Waals surface area contributed by atoms with Gasteiger partial charge >= 0.3 is 5.97 Å². The van der Waals surface area contributed by atoms with E-state index in [9.17, 15) is 18.8 Å². The van der Waals surface area contributed by atoms with Crippen LogP contribution in [0.25, 0.3) is 0 Å². The highest BCUT2D eigenvalue weighted by Crippen LogP contribution is 2.35. The second-order valence-corrected chi connectivity index (χ2v) is 6.41. The van der Waals surface area contributed by atoms with Gasteiger partial charge in [-0.15, -0.1) is 0 Å². The van der Waals surface area contributed by atoms with Gasteiger partial charge in [-0.05, 0) is 18.2 Å². The molecule has 3 N–H and O–H groups in total. The van der Waals surface area contributed by atoms with Crippen molar-refractivity contribution < 1.29 is 28.6 Å². The first-order valence-electron chi connectivity index (χ1n) is 7.86. The average Bonchev–Trinajstić information content (AvgIpc) is 2.61. The minimum atomic E-state index is -1.20. The van der Waals surface area contributed by atoms with Crippen LogP contribution in [0.3, 0.4) is 0 Å². The fourth-order valence-corrected chi connectivity index (χ4v) is 2.81. The smallest absolute Gasteiger partial charge is 0.322 e. The number of carbonyl (C=O) groups excluding carboxylic acids is 2. The molecule has 10 heteroatoms. The maximum absolute atomic E-state index is 14.4. The Morgan fingerprint density at radius 2 is 1.82 bits per heavy atom. The van der Waals surface area contributed by atoms with Crippen molar-refractivity contribution in [2.24, 2.45) is 0 Å². The van der Waals surface area contributed by atoms with Crippen molar-refractivity contribution in [3.8, 4) is 5.75 Å². The molecule has 148 valence electrons. The molecule has 0 fully saturated rings. The van der Waals surface area contributed by atoms with E-state index in [0.717, 1.165) is 0 Å². The number of benzene rings is 2. The lowest BCUT2D eigenvalue weighted by Crippen LogP contribution is -2.29. The molecule has 0 saturated heterocycles. The molecule has 0 saturated carbocycles. The minimum absolute atomic E-state index is 0.00796. The quantitative estimate of drug-likeness (QED) is 0.625. The topological polar surface area (TPSA) is 105 Å². The maximum Gasteiger partial charge on any atom is 0.322 e. The van der Waals surface area contributed by atoms with Crippen LogP contribution >= 0.6 is 23.2 Å². The second-order valence-electron chi connectivity index (χ2n) is 5.59. The van der Waals surface area contributed by atoms with Gasteiger partial charge in [0.25, 0.3) is 5.91 Å². The van der Waals surface area contributed by atoms with Crippen LogP contribution in [-0.4, -0.2) is 29.4 Å². The molecule has 0 spiro atoms. The van der Waals surface area contributed by atoms with Crippen molar-refractivity contribution in [3.05, 3.63) is 57.3 Å². The van der Waals surface area contributed by atoms with Gasteiger partial charge in [0, 0.05) is 18.1 Å². The molecule has 2 amide bonds. The van der Waals surface area contributed by atoms with E-state index in [1.165, 1.54) is 31.2 Å². The van der Waals surface area contributed by atoms with Crippen LogP contribution in [0.5, 0.6) is 5.75 Å². The maximum atomic E-state index is 14.4. The standard InChI is InChI=1S/C18H15Cl2FN2O5/c1-9(24)23-14-4-2-3-10(16(14)21)8-28-17-12(19)5-11(6-13(17)20)18(27)22-7-15(25)26/h2-6H,7-8H2,1H3,(H,22,27)(H,23,24)(H,25,26). The van der Waals surface area contributed by atoms with Crippen molar-refractivity contribution >= 4 is 46.7 Å². The Bertz CT molecular complexity index is 913. The van der Waals surface area contributed by atoms with Crippen molar-refractivity contribution in [1.82, 2.24) is 5.32 Å². The van der Waals surface area contributed by atoms with Crippen molar-refractivity contribution in [1.29, 1.82) is 0 Å². The molecule has 2 aromatic rings. The van der Waals surface area contributed by atoms with Crippen LogP contribution in [0.1, 0.15) is 22.8 Å². The molecular weight excluding hydrogens is 414 g/mol. The zero-order chi connectivity index (χ0) is 20.8. The molecule has 7 nitrogen and oxygen atoms in total. The lowest BCUT2D eigenvalue weighted by molar-refractivity contribution is -0.135. The lowest BCUT2D eigenvalue weighted by atomic mass is 10.2. The fraction of sp³-hybridized carbons (Fsp3) is 0.167. The Balaban J connectivity index is 2.16. The van der Waals surface area contributed by atoms with Gasteiger partial charge in [0.1, 0.15) is 13.2 Å². The highest BCUT2D eigenvalue weighted by Gasteiger charge is 2.16. The van der Waals surface area contributed by atoms with Gasteiger partial charge in [-0.3, -0.25) is 14.4 Å². The Kier molecular flexibility index (Phi) is 7.19. The number of rotatable bonds is 7. The van der Waals surface area contributed by atoms with Gasteiger partial charge in [0.15, 0.2) is 11.6 Å². The van der Waals surface area contributed by atoms with Gasteiger partial charge in [-0.25, -0.2) is 4.39 Å². The second kappa shape index (κ2) is 9.38. The lowest BCUT2D eigenvalue weighted by Gasteiger charge is -2.13. The molecule has 0 aliphatic rings. The number of carbonyl (C=O) groups is 3. The third-order valence-corrected chi connectivity index (χ3v) is 3.98. The number of ether oxygens (including phenoxy) is 1. The number of nitrogens with one attached hydrogen (secondary N) is 2. The molecule has 0 unspecified atom stereocenters. The number of amides is 2. The Morgan fingerprint density at radius 3 is 2.39 bits per heavy atom. The van der Waals surface area contributed by atoms with E-state index < -0.39 is 30.1 Å². The fourth-order valence-electron chi connectivity index (χ4n) is 2.21. The molecule has 0 aromatic heterocycles. The van der Waals surface area contributed by atoms with Crippen LogP contribution < -0.4 is 15.4 Å². The Morgan fingerprint density at radius 1 is 1.18 bits per heavy atom. The number of carboxylic acids is 1. The van der Waals surface area contributed by atoms with Gasteiger partial charge in [0.05, 0.1) is 15.7 Å². The summed E-state index contributed by atoms with van der Waals surface area (Å²) in [6, 6.07) is 6.93. The number of carboxylic acid groups (broad SMARTS) is 1. The number of anilines is 1. The summed E-state index contributed by atoms with van der Waals surface area (Å²) in [5.74, 6) is -2.92. The Labute approximate surface area is 169 Å². The van der Waals surface area contributed by atoms with Crippen molar-refractivity contribution in [2.45, 2.75) is 13.5 Å². The third-order valence-electron chi connectivity index (χ3n) is 3.42. The molecule has 0 bridgehead atoms. The zero-order valence-electron chi connectivity index (χ0n) is 14.5. The average molecular weight is 429 g/mol. The molecule has 0 heterocycles. The van der Waals surface area contributed by atoms with Crippen LogP contribution in [0.2, 0.25) is 10.0 Å². The van der Waals surface area contributed by atoms with Crippen molar-refractivity contribution in [2.75, 3.05) is 11.9 Å². The van der Waals surface area contributed by atoms with Crippen LogP contribution in [-0.2, 0) is 16.2 Å². The SMILES string of the molecule is CC(=O)Nc1cccc(COc2c(Cl)cc(C(=O)NCC(=O)O)cc2Cl)c1F. The van der Waals surface area contributed by atoms with E-state index >= 15 is 0 Å². The van der Waals surface area contributed by atoms with Gasteiger partial charge in [-0.2, -0.15) is 0 Å². The molecule has 0 radical (unpaired) electrons. The summed E-state index contributed by atoms with van der Waals surface area (Å²) in [4.78, 5) is 33.5. The number of halogens is 3. The van der Waals surface area contributed by atoms with Gasteiger partial charge in [0.2, 0.25) is 5.91 Å². The first-order valence-corrected chi connectivity index (χ1v) is 8.61. The minimum Gasteiger partial charge on any atom is -0.486 e. The summed E-state index contributed by atoms with van der Waals surface area (Å²) in [6.07, 6.45) is 0. The molecule has 0 aliphatic heterocycles.